The van der Waals surface area contributed by atoms with E-state index in [0.717, 1.165) is 32.6 Å². The molecule has 0 atom stereocenters. The van der Waals surface area contributed by atoms with Gasteiger partial charge in [0.2, 0.25) is 0 Å². The predicted molar refractivity (Wildman–Crippen MR) is 67.6 cm³/mol. The molecule has 1 aliphatic rings. The Hall–Kier alpha value is -0.690. The third-order valence-electron chi connectivity index (χ3n) is 2.71. The SMILES string of the molecule is COCCOCCOC(=O)CN1CCCNCC1. The van der Waals surface area contributed by atoms with Crippen LogP contribution in [0.25, 0.3) is 0 Å². The molecule has 0 aromatic rings. The molecule has 106 valence electrons. The topological polar surface area (TPSA) is 60.0 Å². The zero-order valence-electron chi connectivity index (χ0n) is 11.2. The van der Waals surface area contributed by atoms with Crippen molar-refractivity contribution in [3.8, 4) is 0 Å². The van der Waals surface area contributed by atoms with Crippen molar-refractivity contribution in [2.75, 3.05) is 66.3 Å². The number of ether oxygens (including phenoxy) is 3. The molecule has 1 saturated heterocycles. The summed E-state index contributed by atoms with van der Waals surface area (Å²) in [4.78, 5) is 13.7. The quantitative estimate of drug-likeness (QED) is 0.468. The second-order valence-corrected chi connectivity index (χ2v) is 4.21. The summed E-state index contributed by atoms with van der Waals surface area (Å²) in [7, 11) is 1.62. The maximum atomic E-state index is 11.5. The van der Waals surface area contributed by atoms with Gasteiger partial charge in [-0.1, -0.05) is 0 Å². The third kappa shape index (κ3) is 7.60. The number of hydrogen-bond donors (Lipinski definition) is 1. The number of carbonyl (C=O) groups excluding carboxylic acids is 1. The van der Waals surface area contributed by atoms with Crippen LogP contribution in [0.5, 0.6) is 0 Å². The van der Waals surface area contributed by atoms with E-state index in [1.165, 1.54) is 0 Å². The van der Waals surface area contributed by atoms with Gasteiger partial charge >= 0.3 is 5.97 Å². The minimum absolute atomic E-state index is 0.174. The Kier molecular flexibility index (Phi) is 8.75. The van der Waals surface area contributed by atoms with Gasteiger partial charge in [0, 0.05) is 20.2 Å². The number of hydrogen-bond acceptors (Lipinski definition) is 6. The van der Waals surface area contributed by atoms with Gasteiger partial charge in [-0.15, -0.1) is 0 Å². The zero-order valence-corrected chi connectivity index (χ0v) is 11.2. The molecule has 0 radical (unpaired) electrons. The van der Waals surface area contributed by atoms with Gasteiger partial charge in [0.25, 0.3) is 0 Å². The molecular weight excluding hydrogens is 236 g/mol. The minimum Gasteiger partial charge on any atom is -0.462 e. The monoisotopic (exact) mass is 260 g/mol. The van der Waals surface area contributed by atoms with Crippen LogP contribution in [0.1, 0.15) is 6.42 Å². The molecule has 1 fully saturated rings. The molecule has 0 saturated carbocycles. The van der Waals surface area contributed by atoms with Crippen LogP contribution in [-0.2, 0) is 19.0 Å². The van der Waals surface area contributed by atoms with E-state index < -0.39 is 0 Å². The van der Waals surface area contributed by atoms with Crippen molar-refractivity contribution >= 4 is 5.97 Å². The van der Waals surface area contributed by atoms with E-state index in [1.54, 1.807) is 7.11 Å². The van der Waals surface area contributed by atoms with Crippen LogP contribution in [0.15, 0.2) is 0 Å². The molecule has 1 heterocycles. The maximum absolute atomic E-state index is 11.5. The van der Waals surface area contributed by atoms with E-state index in [1.807, 2.05) is 0 Å². The van der Waals surface area contributed by atoms with Crippen LogP contribution < -0.4 is 5.32 Å². The summed E-state index contributed by atoms with van der Waals surface area (Å²) in [5, 5.41) is 3.30. The van der Waals surface area contributed by atoms with Crippen molar-refractivity contribution in [3.63, 3.8) is 0 Å². The Bertz CT molecular complexity index is 218. The molecule has 1 rings (SSSR count). The molecule has 0 aliphatic carbocycles. The first kappa shape index (κ1) is 15.4. The maximum Gasteiger partial charge on any atom is 0.320 e. The largest absolute Gasteiger partial charge is 0.462 e. The predicted octanol–water partition coefficient (Wildman–Crippen LogP) is -0.512. The minimum atomic E-state index is -0.174. The molecule has 0 unspecified atom stereocenters. The first-order valence-corrected chi connectivity index (χ1v) is 6.48. The van der Waals surface area contributed by atoms with Crippen molar-refractivity contribution in [2.45, 2.75) is 6.42 Å². The highest BCUT2D eigenvalue weighted by Gasteiger charge is 2.13. The normalized spacial score (nSPS) is 17.4. The van der Waals surface area contributed by atoms with Gasteiger partial charge in [-0.25, -0.2) is 0 Å². The lowest BCUT2D eigenvalue weighted by Crippen LogP contribution is -2.34. The zero-order chi connectivity index (χ0) is 13.1. The highest BCUT2D eigenvalue weighted by molar-refractivity contribution is 5.71. The van der Waals surface area contributed by atoms with Crippen LogP contribution >= 0.6 is 0 Å². The average molecular weight is 260 g/mol. The Balaban J connectivity index is 1.98. The molecule has 0 spiro atoms. The van der Waals surface area contributed by atoms with E-state index in [-0.39, 0.29) is 5.97 Å². The Morgan fingerprint density at radius 3 is 2.83 bits per heavy atom. The molecule has 0 amide bonds. The number of carbonyl (C=O) groups is 1. The molecule has 0 aromatic carbocycles. The van der Waals surface area contributed by atoms with Gasteiger partial charge in [0.05, 0.1) is 26.4 Å². The Morgan fingerprint density at radius 1 is 1.17 bits per heavy atom. The van der Waals surface area contributed by atoms with Gasteiger partial charge in [-0.05, 0) is 19.5 Å². The lowest BCUT2D eigenvalue weighted by atomic mass is 10.4. The summed E-state index contributed by atoms with van der Waals surface area (Å²) in [5.41, 5.74) is 0. The van der Waals surface area contributed by atoms with Gasteiger partial charge in [0.1, 0.15) is 6.61 Å². The van der Waals surface area contributed by atoms with Crippen molar-refractivity contribution < 1.29 is 19.0 Å². The van der Waals surface area contributed by atoms with Crippen molar-refractivity contribution in [1.82, 2.24) is 10.2 Å². The molecule has 6 nitrogen and oxygen atoms in total. The standard InChI is InChI=1S/C12H24N2O4/c1-16-7-8-17-9-10-18-12(15)11-14-5-2-3-13-4-6-14/h13H,2-11H2,1H3. The van der Waals surface area contributed by atoms with Crippen LogP contribution in [0, 0.1) is 0 Å². The van der Waals surface area contributed by atoms with E-state index in [0.29, 0.717) is 33.0 Å². The summed E-state index contributed by atoms with van der Waals surface area (Å²) in [6, 6.07) is 0. The molecule has 1 aliphatic heterocycles. The first-order chi connectivity index (χ1) is 8.83. The smallest absolute Gasteiger partial charge is 0.320 e. The molecule has 18 heavy (non-hydrogen) atoms. The summed E-state index contributed by atoms with van der Waals surface area (Å²) < 4.78 is 15.1. The van der Waals surface area contributed by atoms with E-state index in [2.05, 4.69) is 10.2 Å². The van der Waals surface area contributed by atoms with E-state index in [4.69, 9.17) is 14.2 Å². The summed E-state index contributed by atoms with van der Waals surface area (Å²) >= 11 is 0. The molecule has 6 heteroatoms. The summed E-state index contributed by atoms with van der Waals surface area (Å²) in [6.07, 6.45) is 1.08. The fourth-order valence-electron chi connectivity index (χ4n) is 1.75. The summed E-state index contributed by atoms with van der Waals surface area (Å²) in [6.45, 7) is 6.03. The first-order valence-electron chi connectivity index (χ1n) is 6.48. The molecule has 1 N–H and O–H groups in total. The second kappa shape index (κ2) is 10.3. The van der Waals surface area contributed by atoms with Crippen molar-refractivity contribution in [1.29, 1.82) is 0 Å². The van der Waals surface area contributed by atoms with E-state index in [9.17, 15) is 4.79 Å². The second-order valence-electron chi connectivity index (χ2n) is 4.21. The molecule has 0 aromatic heterocycles. The fraction of sp³-hybridized carbons (Fsp3) is 0.917. The number of nitrogens with one attached hydrogen (secondary N) is 1. The third-order valence-corrected chi connectivity index (χ3v) is 2.71. The molecular formula is C12H24N2O4. The van der Waals surface area contributed by atoms with Gasteiger partial charge in [-0.2, -0.15) is 0 Å². The van der Waals surface area contributed by atoms with Crippen LogP contribution in [0.4, 0.5) is 0 Å². The van der Waals surface area contributed by atoms with Crippen LogP contribution in [0.3, 0.4) is 0 Å². The van der Waals surface area contributed by atoms with Gasteiger partial charge in [-0.3, -0.25) is 9.69 Å². The number of methoxy groups -OCH3 is 1. The number of rotatable bonds is 8. The van der Waals surface area contributed by atoms with Crippen molar-refractivity contribution in [3.05, 3.63) is 0 Å². The van der Waals surface area contributed by atoms with Crippen LogP contribution in [0.2, 0.25) is 0 Å². The highest BCUT2D eigenvalue weighted by Crippen LogP contribution is 1.95. The number of nitrogens with zero attached hydrogens (tertiary/aromatic N) is 1. The fourth-order valence-corrected chi connectivity index (χ4v) is 1.75. The van der Waals surface area contributed by atoms with Crippen LogP contribution in [-0.4, -0.2) is 77.1 Å². The van der Waals surface area contributed by atoms with E-state index >= 15 is 0 Å². The molecule has 0 bridgehead atoms. The highest BCUT2D eigenvalue weighted by atomic mass is 16.6. The lowest BCUT2D eigenvalue weighted by molar-refractivity contribution is -0.146. The van der Waals surface area contributed by atoms with Gasteiger partial charge < -0.3 is 19.5 Å². The summed E-state index contributed by atoms with van der Waals surface area (Å²) in [5.74, 6) is -0.174. The number of esters is 1. The average Bonchev–Trinajstić information content (AvgIpc) is 2.62. The Labute approximate surface area is 109 Å². The Morgan fingerprint density at radius 2 is 2.00 bits per heavy atom. The van der Waals surface area contributed by atoms with Gasteiger partial charge in [0.15, 0.2) is 0 Å². The lowest BCUT2D eigenvalue weighted by Gasteiger charge is -2.18. The van der Waals surface area contributed by atoms with Crippen molar-refractivity contribution in [2.24, 2.45) is 0 Å².